The summed E-state index contributed by atoms with van der Waals surface area (Å²) in [7, 11) is 0. The molecule has 2 atom stereocenters. The zero-order valence-corrected chi connectivity index (χ0v) is 11.3. The zero-order chi connectivity index (χ0) is 12.3. The molecule has 0 saturated carbocycles. The lowest BCUT2D eigenvalue weighted by Crippen LogP contribution is -2.28. The minimum atomic E-state index is 0.310. The Morgan fingerprint density at radius 2 is 2.35 bits per heavy atom. The Bertz CT molecular complexity index is 374. The summed E-state index contributed by atoms with van der Waals surface area (Å²) in [4.78, 5) is 0. The number of nitrogens with one attached hydrogen (secondary N) is 1. The van der Waals surface area contributed by atoms with Gasteiger partial charge in [-0.05, 0) is 50.1 Å². The predicted molar refractivity (Wildman–Crippen MR) is 71.9 cm³/mol. The lowest BCUT2D eigenvalue weighted by atomic mass is 9.99. The first-order valence-corrected chi connectivity index (χ1v) is 6.72. The summed E-state index contributed by atoms with van der Waals surface area (Å²) in [6, 6.07) is 5.82. The van der Waals surface area contributed by atoms with Crippen LogP contribution in [-0.4, -0.2) is 19.2 Å². The molecular formula is C14H20ClNO. The molecule has 0 aromatic heterocycles. The number of ether oxygens (including phenoxy) is 1. The molecule has 94 valence electrons. The molecule has 1 fully saturated rings. The van der Waals surface area contributed by atoms with Crippen LogP contribution in [0.4, 0.5) is 0 Å². The Labute approximate surface area is 108 Å². The van der Waals surface area contributed by atoms with Crippen LogP contribution in [0.3, 0.4) is 0 Å². The highest BCUT2D eigenvalue weighted by Gasteiger charge is 2.25. The Balaban J connectivity index is 2.06. The third-order valence-corrected chi connectivity index (χ3v) is 3.68. The van der Waals surface area contributed by atoms with Gasteiger partial charge in [-0.1, -0.05) is 18.5 Å². The zero-order valence-electron chi connectivity index (χ0n) is 10.5. The van der Waals surface area contributed by atoms with Gasteiger partial charge in [0.2, 0.25) is 0 Å². The second kappa shape index (κ2) is 5.74. The van der Waals surface area contributed by atoms with Gasteiger partial charge >= 0.3 is 0 Å². The third kappa shape index (κ3) is 3.14. The van der Waals surface area contributed by atoms with Crippen molar-refractivity contribution in [2.45, 2.75) is 32.8 Å². The Kier molecular flexibility index (Phi) is 4.30. The van der Waals surface area contributed by atoms with E-state index >= 15 is 0 Å². The Hall–Kier alpha value is -0.730. The van der Waals surface area contributed by atoms with Crippen LogP contribution in [0, 0.1) is 12.8 Å². The lowest BCUT2D eigenvalue weighted by molar-refractivity contribution is 0.137. The molecule has 17 heavy (non-hydrogen) atoms. The van der Waals surface area contributed by atoms with Gasteiger partial charge in [-0.15, -0.1) is 0 Å². The molecule has 1 saturated heterocycles. The molecule has 2 nitrogen and oxygen atoms in total. The van der Waals surface area contributed by atoms with Crippen LogP contribution >= 0.6 is 11.6 Å². The summed E-state index contributed by atoms with van der Waals surface area (Å²) in [5.74, 6) is 1.60. The third-order valence-electron chi connectivity index (χ3n) is 3.44. The van der Waals surface area contributed by atoms with Crippen molar-refractivity contribution < 1.29 is 4.74 Å². The standard InChI is InChI=1S/C14H20ClNO/c1-3-13(11-6-7-16-9-11)17-14-5-4-12(15)8-10(14)2/h4-5,8,11,13,16H,3,6-7,9H2,1-2H3/t11-,13+/m0/s1. The SMILES string of the molecule is CC[C@@H](Oc1ccc(Cl)cc1C)[C@H]1CCNC1. The molecule has 1 aromatic rings. The number of halogens is 1. The van der Waals surface area contributed by atoms with Crippen molar-refractivity contribution in [2.75, 3.05) is 13.1 Å². The maximum absolute atomic E-state index is 6.13. The van der Waals surface area contributed by atoms with Gasteiger partial charge in [0.1, 0.15) is 11.9 Å². The lowest BCUT2D eigenvalue weighted by Gasteiger charge is -2.24. The monoisotopic (exact) mass is 253 g/mol. The van der Waals surface area contributed by atoms with E-state index < -0.39 is 0 Å². The topological polar surface area (TPSA) is 21.3 Å². The molecule has 1 aliphatic heterocycles. The van der Waals surface area contributed by atoms with Gasteiger partial charge in [0.05, 0.1) is 0 Å². The normalized spacial score (nSPS) is 21.5. The van der Waals surface area contributed by atoms with E-state index in [1.807, 2.05) is 25.1 Å². The summed E-state index contributed by atoms with van der Waals surface area (Å²) < 4.78 is 6.13. The van der Waals surface area contributed by atoms with Crippen LogP contribution in [0.1, 0.15) is 25.3 Å². The maximum atomic E-state index is 6.13. The predicted octanol–water partition coefficient (Wildman–Crippen LogP) is 3.42. The number of benzene rings is 1. The van der Waals surface area contributed by atoms with Gasteiger partial charge in [0, 0.05) is 17.5 Å². The molecule has 0 unspecified atom stereocenters. The van der Waals surface area contributed by atoms with Crippen molar-refractivity contribution in [3.8, 4) is 5.75 Å². The van der Waals surface area contributed by atoms with Crippen LogP contribution < -0.4 is 10.1 Å². The molecule has 1 aromatic carbocycles. The molecule has 1 heterocycles. The summed E-state index contributed by atoms with van der Waals surface area (Å²) in [5, 5.41) is 4.16. The Morgan fingerprint density at radius 1 is 1.53 bits per heavy atom. The van der Waals surface area contributed by atoms with Gasteiger partial charge in [0.15, 0.2) is 0 Å². The minimum Gasteiger partial charge on any atom is -0.490 e. The number of aryl methyl sites for hydroxylation is 1. The molecule has 0 spiro atoms. The van der Waals surface area contributed by atoms with Gasteiger partial charge in [0.25, 0.3) is 0 Å². The average Bonchev–Trinajstić information content (AvgIpc) is 2.81. The van der Waals surface area contributed by atoms with Crippen molar-refractivity contribution >= 4 is 11.6 Å². The Morgan fingerprint density at radius 3 is 2.94 bits per heavy atom. The van der Waals surface area contributed by atoms with E-state index in [9.17, 15) is 0 Å². The van der Waals surface area contributed by atoms with Crippen LogP contribution in [0.2, 0.25) is 5.02 Å². The molecule has 1 aliphatic rings. The van der Waals surface area contributed by atoms with E-state index in [-0.39, 0.29) is 0 Å². The fourth-order valence-corrected chi connectivity index (χ4v) is 2.64. The minimum absolute atomic E-state index is 0.310. The second-order valence-electron chi connectivity index (χ2n) is 4.73. The fourth-order valence-electron chi connectivity index (χ4n) is 2.42. The van der Waals surface area contributed by atoms with E-state index in [1.54, 1.807) is 0 Å². The van der Waals surface area contributed by atoms with Crippen LogP contribution in [0.25, 0.3) is 0 Å². The van der Waals surface area contributed by atoms with Gasteiger partial charge in [-0.25, -0.2) is 0 Å². The van der Waals surface area contributed by atoms with Crippen LogP contribution in [-0.2, 0) is 0 Å². The average molecular weight is 254 g/mol. The molecule has 0 aliphatic carbocycles. The van der Waals surface area contributed by atoms with Crippen molar-refractivity contribution in [3.05, 3.63) is 28.8 Å². The van der Waals surface area contributed by atoms with Crippen molar-refractivity contribution in [3.63, 3.8) is 0 Å². The van der Waals surface area contributed by atoms with E-state index in [2.05, 4.69) is 12.2 Å². The van der Waals surface area contributed by atoms with Gasteiger partial charge in [-0.2, -0.15) is 0 Å². The fraction of sp³-hybridized carbons (Fsp3) is 0.571. The highest BCUT2D eigenvalue weighted by molar-refractivity contribution is 6.30. The smallest absolute Gasteiger partial charge is 0.122 e. The maximum Gasteiger partial charge on any atom is 0.122 e. The highest BCUT2D eigenvalue weighted by atomic mass is 35.5. The first-order valence-electron chi connectivity index (χ1n) is 6.34. The molecule has 0 amide bonds. The molecule has 0 bridgehead atoms. The quantitative estimate of drug-likeness (QED) is 0.888. The molecule has 2 rings (SSSR count). The van der Waals surface area contributed by atoms with E-state index in [4.69, 9.17) is 16.3 Å². The highest BCUT2D eigenvalue weighted by Crippen LogP contribution is 2.26. The van der Waals surface area contributed by atoms with Gasteiger partial charge < -0.3 is 10.1 Å². The number of rotatable bonds is 4. The van der Waals surface area contributed by atoms with Crippen LogP contribution in [0.15, 0.2) is 18.2 Å². The molecular weight excluding hydrogens is 234 g/mol. The van der Waals surface area contributed by atoms with E-state index in [1.165, 1.54) is 6.42 Å². The summed E-state index contributed by atoms with van der Waals surface area (Å²) >= 11 is 5.95. The van der Waals surface area contributed by atoms with Crippen molar-refractivity contribution in [2.24, 2.45) is 5.92 Å². The van der Waals surface area contributed by atoms with E-state index in [0.717, 1.165) is 35.8 Å². The number of hydrogen-bond acceptors (Lipinski definition) is 2. The molecule has 0 radical (unpaired) electrons. The van der Waals surface area contributed by atoms with E-state index in [0.29, 0.717) is 12.0 Å². The second-order valence-corrected chi connectivity index (χ2v) is 5.16. The van der Waals surface area contributed by atoms with Crippen molar-refractivity contribution in [1.29, 1.82) is 0 Å². The summed E-state index contributed by atoms with van der Waals surface area (Å²) in [6.45, 7) is 6.42. The first-order chi connectivity index (χ1) is 8.20. The first kappa shape index (κ1) is 12.7. The van der Waals surface area contributed by atoms with Crippen molar-refractivity contribution in [1.82, 2.24) is 5.32 Å². The van der Waals surface area contributed by atoms with Gasteiger partial charge in [-0.3, -0.25) is 0 Å². The summed E-state index contributed by atoms with van der Waals surface area (Å²) in [6.07, 6.45) is 2.57. The largest absolute Gasteiger partial charge is 0.490 e. The molecule has 3 heteroatoms. The molecule has 1 N–H and O–H groups in total. The summed E-state index contributed by atoms with van der Waals surface area (Å²) in [5.41, 5.74) is 1.11. The van der Waals surface area contributed by atoms with Crippen LogP contribution in [0.5, 0.6) is 5.75 Å². The number of hydrogen-bond donors (Lipinski definition) is 1.